The number of hydrogen-bond donors (Lipinski definition) is 2. The Labute approximate surface area is 127 Å². The molecule has 1 aliphatic carbocycles. The summed E-state index contributed by atoms with van der Waals surface area (Å²) >= 11 is 0. The average molecular weight is 330 g/mol. The Balaban J connectivity index is 2.26. The normalized spacial score (nSPS) is 16.3. The maximum atomic E-state index is 12.5. The van der Waals surface area contributed by atoms with Gasteiger partial charge < -0.3 is 14.4 Å². The molecule has 1 aliphatic rings. The number of aryl methyl sites for hydroxylation is 1. The molecule has 3 N–H and O–H groups in total. The van der Waals surface area contributed by atoms with E-state index < -0.39 is 27.8 Å². The van der Waals surface area contributed by atoms with E-state index in [0.717, 1.165) is 18.9 Å². The highest BCUT2D eigenvalue weighted by molar-refractivity contribution is 7.89. The van der Waals surface area contributed by atoms with Gasteiger partial charge in [0.2, 0.25) is 10.0 Å². The van der Waals surface area contributed by atoms with E-state index >= 15 is 0 Å². The highest BCUT2D eigenvalue weighted by atomic mass is 32.2. The van der Waals surface area contributed by atoms with Crippen LogP contribution in [-0.2, 0) is 14.8 Å². The van der Waals surface area contributed by atoms with Gasteiger partial charge in [-0.1, -0.05) is 6.92 Å². The fourth-order valence-electron chi connectivity index (χ4n) is 2.15. The van der Waals surface area contributed by atoms with Crippen LogP contribution in [0.25, 0.3) is 0 Å². The molecule has 8 nitrogen and oxygen atoms in total. The first kappa shape index (κ1) is 16.5. The largest absolute Gasteiger partial charge is 0.481 e. The van der Waals surface area contributed by atoms with Gasteiger partial charge in [-0.3, -0.25) is 9.59 Å². The molecule has 1 heterocycles. The fraction of sp³-hybridized carbons (Fsp3) is 0.538. The number of sulfonamides is 1. The summed E-state index contributed by atoms with van der Waals surface area (Å²) < 4.78 is 28.0. The molecule has 122 valence electrons. The molecule has 0 radical (unpaired) electrons. The van der Waals surface area contributed by atoms with Gasteiger partial charge in [0.1, 0.15) is 10.7 Å². The van der Waals surface area contributed by atoms with Gasteiger partial charge in [-0.2, -0.15) is 0 Å². The zero-order chi connectivity index (χ0) is 16.7. The van der Waals surface area contributed by atoms with Crippen LogP contribution >= 0.6 is 0 Å². The topological polar surface area (TPSA) is 131 Å². The Hall–Kier alpha value is -1.87. The summed E-state index contributed by atoms with van der Waals surface area (Å²) in [6, 6.07) is 1.06. The summed E-state index contributed by atoms with van der Waals surface area (Å²) in [4.78, 5) is 24.6. The summed E-state index contributed by atoms with van der Waals surface area (Å²) in [6.45, 7) is 2.95. The zero-order valence-electron chi connectivity index (χ0n) is 12.3. The molecule has 1 fully saturated rings. The van der Waals surface area contributed by atoms with Crippen LogP contribution in [0.4, 0.5) is 0 Å². The molecule has 0 saturated heterocycles. The summed E-state index contributed by atoms with van der Waals surface area (Å²) in [5.74, 6) is -2.36. The Bertz CT molecular complexity index is 704. The van der Waals surface area contributed by atoms with Gasteiger partial charge in [0.15, 0.2) is 5.76 Å². The number of carbonyl (C=O) groups is 2. The lowest BCUT2D eigenvalue weighted by molar-refractivity contribution is -0.141. The van der Waals surface area contributed by atoms with Crippen LogP contribution in [0.2, 0.25) is 0 Å². The van der Waals surface area contributed by atoms with Crippen molar-refractivity contribution in [2.24, 2.45) is 11.1 Å². The minimum absolute atomic E-state index is 0.0300. The molecule has 1 aromatic heterocycles. The first-order valence-corrected chi connectivity index (χ1v) is 8.33. The number of nitrogens with two attached hydrogens (primary N) is 1. The third-order valence-corrected chi connectivity index (χ3v) is 4.55. The predicted octanol–water partition coefficient (Wildman–Crippen LogP) is 0.561. The van der Waals surface area contributed by atoms with Gasteiger partial charge >= 0.3 is 5.97 Å². The maximum Gasteiger partial charge on any atom is 0.308 e. The van der Waals surface area contributed by atoms with E-state index in [0.29, 0.717) is 0 Å². The van der Waals surface area contributed by atoms with E-state index in [1.165, 1.54) is 18.7 Å². The van der Waals surface area contributed by atoms with E-state index in [1.54, 1.807) is 0 Å². The average Bonchev–Trinajstić information content (AvgIpc) is 3.15. The van der Waals surface area contributed by atoms with Gasteiger partial charge in [0, 0.05) is 18.7 Å². The van der Waals surface area contributed by atoms with Crippen molar-refractivity contribution in [3.8, 4) is 0 Å². The Morgan fingerprint density at radius 2 is 2.09 bits per heavy atom. The molecule has 1 amide bonds. The number of carboxylic acids is 1. The van der Waals surface area contributed by atoms with Crippen LogP contribution in [0, 0.1) is 12.8 Å². The van der Waals surface area contributed by atoms with Crippen molar-refractivity contribution in [3.63, 3.8) is 0 Å². The van der Waals surface area contributed by atoms with E-state index in [9.17, 15) is 18.0 Å². The van der Waals surface area contributed by atoms with Crippen molar-refractivity contribution in [1.29, 1.82) is 0 Å². The standard InChI is InChI=1S/C13H18N2O6S/c1-7(13(17)18)6-15(9-3-4-9)12(16)10-5-11(8(2)21-10)22(14,19)20/h5,7,9H,3-4,6H2,1-2H3,(H,17,18)(H2,14,19,20). The second-order valence-electron chi connectivity index (χ2n) is 5.50. The van der Waals surface area contributed by atoms with Crippen LogP contribution in [0.1, 0.15) is 36.1 Å². The Kier molecular flexibility index (Phi) is 4.30. The second-order valence-corrected chi connectivity index (χ2v) is 7.03. The Morgan fingerprint density at radius 1 is 1.50 bits per heavy atom. The van der Waals surface area contributed by atoms with Crippen molar-refractivity contribution >= 4 is 21.9 Å². The van der Waals surface area contributed by atoms with Gasteiger partial charge in [0.25, 0.3) is 5.91 Å². The molecule has 0 spiro atoms. The molecule has 22 heavy (non-hydrogen) atoms. The van der Waals surface area contributed by atoms with Crippen LogP contribution in [0.15, 0.2) is 15.4 Å². The molecular weight excluding hydrogens is 312 g/mol. The van der Waals surface area contributed by atoms with E-state index in [1.807, 2.05) is 0 Å². The number of furan rings is 1. The third-order valence-electron chi connectivity index (χ3n) is 3.53. The Morgan fingerprint density at radius 3 is 2.50 bits per heavy atom. The molecular formula is C13H18N2O6S. The third kappa shape index (κ3) is 3.47. The van der Waals surface area contributed by atoms with Crippen LogP contribution in [0.3, 0.4) is 0 Å². The van der Waals surface area contributed by atoms with E-state index in [4.69, 9.17) is 14.7 Å². The summed E-state index contributed by atoms with van der Waals surface area (Å²) in [6.07, 6.45) is 1.58. The minimum Gasteiger partial charge on any atom is -0.481 e. The van der Waals surface area contributed by atoms with Crippen molar-refractivity contribution in [2.75, 3.05) is 6.54 Å². The lowest BCUT2D eigenvalue weighted by atomic mass is 10.1. The van der Waals surface area contributed by atoms with Gasteiger partial charge in [0.05, 0.1) is 5.92 Å². The quantitative estimate of drug-likeness (QED) is 0.783. The van der Waals surface area contributed by atoms with Crippen LogP contribution in [0.5, 0.6) is 0 Å². The summed E-state index contributed by atoms with van der Waals surface area (Å²) in [7, 11) is -3.97. The molecule has 1 unspecified atom stereocenters. The second kappa shape index (κ2) is 5.73. The number of carboxylic acid groups (broad SMARTS) is 1. The molecule has 2 rings (SSSR count). The summed E-state index contributed by atoms with van der Waals surface area (Å²) in [5.41, 5.74) is 0. The number of hydrogen-bond acceptors (Lipinski definition) is 5. The van der Waals surface area contributed by atoms with Crippen molar-refractivity contribution in [3.05, 3.63) is 17.6 Å². The lowest BCUT2D eigenvalue weighted by Crippen LogP contribution is -2.38. The molecule has 0 bridgehead atoms. The molecule has 1 saturated carbocycles. The van der Waals surface area contributed by atoms with Gasteiger partial charge in [-0.25, -0.2) is 13.6 Å². The summed E-state index contributed by atoms with van der Waals surface area (Å²) in [5, 5.41) is 14.0. The van der Waals surface area contributed by atoms with Gasteiger partial charge in [-0.05, 0) is 19.8 Å². The number of aliphatic carboxylic acids is 1. The van der Waals surface area contributed by atoms with E-state index in [-0.39, 0.29) is 29.0 Å². The minimum atomic E-state index is -3.97. The number of primary sulfonamides is 1. The van der Waals surface area contributed by atoms with Crippen LogP contribution in [-0.4, -0.2) is 42.9 Å². The maximum absolute atomic E-state index is 12.5. The first-order valence-electron chi connectivity index (χ1n) is 6.78. The smallest absolute Gasteiger partial charge is 0.308 e. The highest BCUT2D eigenvalue weighted by Crippen LogP contribution is 2.30. The predicted molar refractivity (Wildman–Crippen MR) is 75.7 cm³/mol. The fourth-order valence-corrected chi connectivity index (χ4v) is 2.87. The highest BCUT2D eigenvalue weighted by Gasteiger charge is 2.36. The van der Waals surface area contributed by atoms with Gasteiger partial charge in [-0.15, -0.1) is 0 Å². The van der Waals surface area contributed by atoms with Crippen molar-refractivity contribution in [1.82, 2.24) is 4.90 Å². The number of carbonyl (C=O) groups excluding carboxylic acids is 1. The lowest BCUT2D eigenvalue weighted by Gasteiger charge is -2.23. The molecule has 9 heteroatoms. The number of amides is 1. The molecule has 1 aromatic rings. The molecule has 1 atom stereocenters. The SMILES string of the molecule is Cc1oc(C(=O)N(CC(C)C(=O)O)C2CC2)cc1S(N)(=O)=O. The van der Waals surface area contributed by atoms with Crippen molar-refractivity contribution < 1.29 is 27.5 Å². The number of rotatable bonds is 6. The molecule has 0 aliphatic heterocycles. The van der Waals surface area contributed by atoms with Crippen LogP contribution < -0.4 is 5.14 Å². The zero-order valence-corrected chi connectivity index (χ0v) is 13.1. The number of nitrogens with zero attached hydrogens (tertiary/aromatic N) is 1. The first-order chi connectivity index (χ1) is 10.1. The molecule has 0 aromatic carbocycles. The van der Waals surface area contributed by atoms with Crippen molar-refractivity contribution in [2.45, 2.75) is 37.6 Å². The van der Waals surface area contributed by atoms with E-state index in [2.05, 4.69) is 0 Å². The monoisotopic (exact) mass is 330 g/mol.